The Morgan fingerprint density at radius 3 is 2.50 bits per heavy atom. The van der Waals surface area contributed by atoms with E-state index in [2.05, 4.69) is 40.1 Å². The lowest BCUT2D eigenvalue weighted by Gasteiger charge is -2.33. The number of furan rings is 1. The summed E-state index contributed by atoms with van der Waals surface area (Å²) in [6.07, 6.45) is 6.42. The Kier molecular flexibility index (Phi) is 5.25. The van der Waals surface area contributed by atoms with Crippen molar-refractivity contribution in [3.05, 3.63) is 65.6 Å². The van der Waals surface area contributed by atoms with Gasteiger partial charge in [-0.2, -0.15) is 0 Å². The van der Waals surface area contributed by atoms with E-state index in [9.17, 15) is 4.79 Å². The Labute approximate surface area is 178 Å². The molecule has 1 aromatic heterocycles. The molecule has 2 aromatic rings. The van der Waals surface area contributed by atoms with Crippen LogP contribution < -0.4 is 0 Å². The third kappa shape index (κ3) is 3.84. The van der Waals surface area contributed by atoms with Crippen LogP contribution in [0.25, 0.3) is 5.57 Å². The van der Waals surface area contributed by atoms with Crippen molar-refractivity contribution in [2.24, 2.45) is 11.3 Å². The van der Waals surface area contributed by atoms with Gasteiger partial charge in [0.15, 0.2) is 0 Å². The average molecular weight is 407 g/mol. The van der Waals surface area contributed by atoms with Gasteiger partial charge in [-0.15, -0.1) is 0 Å². The molecule has 3 heterocycles. The van der Waals surface area contributed by atoms with Crippen molar-refractivity contribution < 1.29 is 14.3 Å². The van der Waals surface area contributed by atoms with E-state index in [1.54, 1.807) is 0 Å². The maximum atomic E-state index is 13.1. The van der Waals surface area contributed by atoms with E-state index in [4.69, 9.17) is 9.52 Å². The lowest BCUT2D eigenvalue weighted by atomic mass is 9.90. The Hall–Kier alpha value is -2.37. The van der Waals surface area contributed by atoms with Gasteiger partial charge in [0.05, 0.1) is 6.54 Å². The van der Waals surface area contributed by atoms with E-state index < -0.39 is 0 Å². The molecule has 1 spiro atoms. The van der Waals surface area contributed by atoms with Crippen LogP contribution in [0, 0.1) is 11.3 Å². The molecule has 2 aliphatic heterocycles. The van der Waals surface area contributed by atoms with Gasteiger partial charge in [-0.05, 0) is 67.5 Å². The molecule has 30 heavy (non-hydrogen) atoms. The maximum absolute atomic E-state index is 13.1. The Morgan fingerprint density at radius 1 is 1.07 bits per heavy atom. The number of rotatable bonds is 5. The number of nitrogens with zero attached hydrogens (tertiary/aromatic N) is 2. The fourth-order valence-corrected chi connectivity index (χ4v) is 5.22. The summed E-state index contributed by atoms with van der Waals surface area (Å²) in [6.45, 7) is 4.34. The summed E-state index contributed by atoms with van der Waals surface area (Å²) >= 11 is 0. The van der Waals surface area contributed by atoms with E-state index in [1.165, 1.54) is 11.1 Å². The Bertz CT molecular complexity index is 925. The maximum Gasteiger partial charge on any atom is 0.226 e. The SMILES string of the molecule is O=C(C1CC12CCN(Cc1ccc(CO)o1)CC2)N1CC=C(c2ccccc2)CC1. The van der Waals surface area contributed by atoms with Gasteiger partial charge in [0, 0.05) is 19.0 Å². The lowest BCUT2D eigenvalue weighted by molar-refractivity contribution is -0.133. The molecule has 3 aliphatic rings. The summed E-state index contributed by atoms with van der Waals surface area (Å²) in [7, 11) is 0. The van der Waals surface area contributed by atoms with Crippen molar-refractivity contribution in [3.8, 4) is 0 Å². The predicted molar refractivity (Wildman–Crippen MR) is 115 cm³/mol. The molecule has 0 radical (unpaired) electrons. The zero-order valence-corrected chi connectivity index (χ0v) is 17.4. The first kappa shape index (κ1) is 19.6. The number of hydrogen-bond acceptors (Lipinski definition) is 4. The summed E-state index contributed by atoms with van der Waals surface area (Å²) in [6, 6.07) is 14.3. The average Bonchev–Trinajstić information content (AvgIpc) is 3.30. The van der Waals surface area contributed by atoms with Crippen molar-refractivity contribution in [3.63, 3.8) is 0 Å². The first-order valence-electron chi connectivity index (χ1n) is 11.1. The largest absolute Gasteiger partial charge is 0.462 e. The van der Waals surface area contributed by atoms with Crippen LogP contribution in [-0.4, -0.2) is 47.0 Å². The van der Waals surface area contributed by atoms with Crippen LogP contribution in [0.4, 0.5) is 0 Å². The standard InChI is InChI=1S/C25H30N2O3/c28-18-22-7-6-21(30-22)17-26-14-10-25(11-15-26)16-23(25)24(29)27-12-8-20(9-13-27)19-4-2-1-3-5-19/h1-8,23,28H,9-18H2. The molecule has 1 atom stereocenters. The van der Waals surface area contributed by atoms with Gasteiger partial charge < -0.3 is 14.4 Å². The molecule has 1 aromatic carbocycles. The van der Waals surface area contributed by atoms with Crippen molar-refractivity contribution in [2.45, 2.75) is 38.8 Å². The van der Waals surface area contributed by atoms with E-state index in [0.717, 1.165) is 64.2 Å². The molecule has 1 saturated heterocycles. The third-order valence-corrected chi connectivity index (χ3v) is 7.26. The number of carbonyl (C=O) groups is 1. The minimum Gasteiger partial charge on any atom is -0.462 e. The number of benzene rings is 1. The highest BCUT2D eigenvalue weighted by Crippen LogP contribution is 2.60. The molecule has 5 heteroatoms. The summed E-state index contributed by atoms with van der Waals surface area (Å²) in [5.74, 6) is 2.12. The van der Waals surface area contributed by atoms with Gasteiger partial charge in [-0.3, -0.25) is 9.69 Å². The van der Waals surface area contributed by atoms with Crippen LogP contribution in [0.1, 0.15) is 42.8 Å². The summed E-state index contributed by atoms with van der Waals surface area (Å²) < 4.78 is 5.62. The molecule has 0 bridgehead atoms. The first-order chi connectivity index (χ1) is 14.7. The van der Waals surface area contributed by atoms with Crippen LogP contribution in [0.15, 0.2) is 53.0 Å². The topological polar surface area (TPSA) is 56.9 Å². The van der Waals surface area contributed by atoms with E-state index >= 15 is 0 Å². The normalized spacial score (nSPS) is 23.4. The molecular weight excluding hydrogens is 376 g/mol. The van der Waals surface area contributed by atoms with Crippen LogP contribution in [-0.2, 0) is 17.9 Å². The molecule has 158 valence electrons. The van der Waals surface area contributed by atoms with Crippen LogP contribution >= 0.6 is 0 Å². The third-order valence-electron chi connectivity index (χ3n) is 7.26. The van der Waals surface area contributed by atoms with Gasteiger partial charge in [0.25, 0.3) is 0 Å². The smallest absolute Gasteiger partial charge is 0.226 e. The highest BCUT2D eigenvalue weighted by atomic mass is 16.4. The number of aliphatic hydroxyl groups is 1. The van der Waals surface area contributed by atoms with E-state index in [1.807, 2.05) is 18.2 Å². The molecule has 2 fully saturated rings. The molecule has 5 rings (SSSR count). The second-order valence-electron chi connectivity index (χ2n) is 9.05. The highest BCUT2D eigenvalue weighted by Gasteiger charge is 2.59. The number of aliphatic hydroxyl groups excluding tert-OH is 1. The molecule has 1 saturated carbocycles. The van der Waals surface area contributed by atoms with Gasteiger partial charge in [0.2, 0.25) is 5.91 Å². The Morgan fingerprint density at radius 2 is 1.83 bits per heavy atom. The fraction of sp³-hybridized carbons (Fsp3) is 0.480. The number of piperidine rings is 1. The van der Waals surface area contributed by atoms with Gasteiger partial charge in [-0.1, -0.05) is 36.4 Å². The monoisotopic (exact) mass is 406 g/mol. The first-order valence-corrected chi connectivity index (χ1v) is 11.1. The Balaban J connectivity index is 1.13. The molecule has 5 nitrogen and oxygen atoms in total. The molecule has 1 unspecified atom stereocenters. The number of carbonyl (C=O) groups excluding carboxylic acids is 1. The number of likely N-dealkylation sites (tertiary alicyclic amines) is 1. The lowest BCUT2D eigenvalue weighted by Crippen LogP contribution is -2.39. The minimum absolute atomic E-state index is 0.0502. The summed E-state index contributed by atoms with van der Waals surface area (Å²) in [4.78, 5) is 17.6. The van der Waals surface area contributed by atoms with Gasteiger partial charge in [0.1, 0.15) is 18.1 Å². The van der Waals surface area contributed by atoms with Crippen molar-refractivity contribution >= 4 is 11.5 Å². The quantitative estimate of drug-likeness (QED) is 0.823. The van der Waals surface area contributed by atoms with Gasteiger partial charge in [-0.25, -0.2) is 0 Å². The highest BCUT2D eigenvalue weighted by molar-refractivity contribution is 5.84. The second-order valence-corrected chi connectivity index (χ2v) is 9.05. The summed E-state index contributed by atoms with van der Waals surface area (Å²) in [5.41, 5.74) is 2.87. The zero-order chi connectivity index (χ0) is 20.6. The molecule has 1 N–H and O–H groups in total. The zero-order valence-electron chi connectivity index (χ0n) is 17.4. The number of hydrogen-bond donors (Lipinski definition) is 1. The summed E-state index contributed by atoms with van der Waals surface area (Å²) in [5, 5.41) is 9.15. The van der Waals surface area contributed by atoms with Crippen LogP contribution in [0.2, 0.25) is 0 Å². The van der Waals surface area contributed by atoms with E-state index in [-0.39, 0.29) is 17.9 Å². The minimum atomic E-state index is -0.0502. The molecule has 1 amide bonds. The predicted octanol–water partition coefficient (Wildman–Crippen LogP) is 3.69. The van der Waals surface area contributed by atoms with Crippen LogP contribution in [0.5, 0.6) is 0 Å². The van der Waals surface area contributed by atoms with Crippen molar-refractivity contribution in [1.29, 1.82) is 0 Å². The number of amides is 1. The fourth-order valence-electron chi connectivity index (χ4n) is 5.22. The van der Waals surface area contributed by atoms with Crippen LogP contribution in [0.3, 0.4) is 0 Å². The van der Waals surface area contributed by atoms with Crippen molar-refractivity contribution in [1.82, 2.24) is 9.80 Å². The van der Waals surface area contributed by atoms with E-state index in [0.29, 0.717) is 11.7 Å². The molecule has 1 aliphatic carbocycles. The van der Waals surface area contributed by atoms with Crippen molar-refractivity contribution in [2.75, 3.05) is 26.2 Å². The molecular formula is C25H30N2O3. The van der Waals surface area contributed by atoms with Gasteiger partial charge >= 0.3 is 0 Å². The second kappa shape index (κ2) is 8.05.